The predicted octanol–water partition coefficient (Wildman–Crippen LogP) is 3.77. The van der Waals surface area contributed by atoms with E-state index in [-0.39, 0.29) is 22.6 Å². The highest BCUT2D eigenvalue weighted by molar-refractivity contribution is 5.92. The Kier molecular flexibility index (Phi) is 5.29. The van der Waals surface area contributed by atoms with Crippen LogP contribution in [0, 0.1) is 0 Å². The molecule has 0 spiro atoms. The first kappa shape index (κ1) is 19.4. The minimum absolute atomic E-state index is 0.0336. The summed E-state index contributed by atoms with van der Waals surface area (Å²) in [5, 5.41) is 11.8. The molecule has 140 valence electrons. The number of carbonyl (C=O) groups is 2. The molecule has 1 aromatic rings. The number of alkyl halides is 3. The minimum atomic E-state index is -4.60. The van der Waals surface area contributed by atoms with Crippen molar-refractivity contribution in [3.8, 4) is 0 Å². The molecule has 0 aromatic heterocycles. The molecule has 0 amide bonds. The van der Waals surface area contributed by atoms with E-state index in [2.05, 4.69) is 5.32 Å². The maximum atomic E-state index is 13.1. The number of hydrogen-bond donors (Lipinski definition) is 2. The van der Waals surface area contributed by atoms with Crippen molar-refractivity contribution in [3.63, 3.8) is 0 Å². The average molecular weight is 371 g/mol. The lowest BCUT2D eigenvalue weighted by molar-refractivity contribution is -0.137. The van der Waals surface area contributed by atoms with Crippen LogP contribution in [0.4, 0.5) is 18.0 Å². The van der Waals surface area contributed by atoms with Gasteiger partial charge in [0.2, 0.25) is 0 Å². The normalized spacial score (nSPS) is 17.7. The van der Waals surface area contributed by atoms with Crippen LogP contribution in [0.1, 0.15) is 30.9 Å². The summed E-state index contributed by atoms with van der Waals surface area (Å²) < 4.78 is 48.7. The van der Waals surface area contributed by atoms with Crippen molar-refractivity contribution < 1.29 is 37.3 Å². The van der Waals surface area contributed by atoms with Crippen molar-refractivity contribution in [2.75, 3.05) is 7.11 Å². The van der Waals surface area contributed by atoms with Crippen molar-refractivity contribution in [1.29, 1.82) is 0 Å². The molecule has 0 fully saturated rings. The number of nitrogens with one attached hydrogen (secondary N) is 1. The number of hydrogen-bond acceptors (Lipinski definition) is 5. The van der Waals surface area contributed by atoms with Gasteiger partial charge in [0.1, 0.15) is 5.76 Å². The summed E-state index contributed by atoms with van der Waals surface area (Å²) in [6, 6.07) is 4.27. The molecular weight excluding hydrogens is 355 g/mol. The Morgan fingerprint density at radius 3 is 2.38 bits per heavy atom. The molecule has 0 bridgehead atoms. The highest BCUT2D eigenvalue weighted by atomic mass is 19.4. The zero-order valence-electron chi connectivity index (χ0n) is 14.1. The van der Waals surface area contributed by atoms with E-state index in [1.807, 2.05) is 0 Å². The van der Waals surface area contributed by atoms with Crippen molar-refractivity contribution in [2.45, 2.75) is 25.9 Å². The van der Waals surface area contributed by atoms with Crippen molar-refractivity contribution in [2.24, 2.45) is 0 Å². The Morgan fingerprint density at radius 1 is 1.19 bits per heavy atom. The van der Waals surface area contributed by atoms with Crippen LogP contribution in [0.15, 0.2) is 47.0 Å². The number of rotatable bonds is 3. The first-order chi connectivity index (χ1) is 12.1. The lowest BCUT2D eigenvalue weighted by Crippen LogP contribution is -2.30. The van der Waals surface area contributed by atoms with Gasteiger partial charge >= 0.3 is 18.3 Å². The molecule has 9 heteroatoms. The molecule has 1 heterocycles. The molecule has 26 heavy (non-hydrogen) atoms. The molecule has 1 atom stereocenters. The topological polar surface area (TPSA) is 84.9 Å². The molecule has 0 radical (unpaired) electrons. The van der Waals surface area contributed by atoms with Gasteiger partial charge in [-0.3, -0.25) is 0 Å². The van der Waals surface area contributed by atoms with Crippen LogP contribution in [0.3, 0.4) is 0 Å². The minimum Gasteiger partial charge on any atom is -0.466 e. The van der Waals surface area contributed by atoms with E-state index in [0.29, 0.717) is 5.70 Å². The summed E-state index contributed by atoms with van der Waals surface area (Å²) >= 11 is 0. The van der Waals surface area contributed by atoms with Gasteiger partial charge in [-0.25, -0.2) is 9.59 Å². The Bertz CT molecular complexity index is 811. The fourth-order valence-corrected chi connectivity index (χ4v) is 2.80. The molecule has 6 nitrogen and oxygen atoms in total. The number of halogens is 3. The van der Waals surface area contributed by atoms with Crippen LogP contribution in [-0.4, -0.2) is 24.3 Å². The lowest BCUT2D eigenvalue weighted by Gasteiger charge is -2.30. The van der Waals surface area contributed by atoms with E-state index in [1.54, 1.807) is 0 Å². The van der Waals surface area contributed by atoms with E-state index in [0.717, 1.165) is 19.2 Å². The summed E-state index contributed by atoms with van der Waals surface area (Å²) in [7, 11) is 1.12. The predicted molar refractivity (Wildman–Crippen MR) is 83.8 cm³/mol. The number of allylic oxidation sites excluding steroid dienone is 3. The van der Waals surface area contributed by atoms with Gasteiger partial charge in [-0.2, -0.15) is 13.2 Å². The quantitative estimate of drug-likeness (QED) is 0.787. The van der Waals surface area contributed by atoms with Gasteiger partial charge in [-0.1, -0.05) is 18.2 Å². The largest absolute Gasteiger partial charge is 0.511 e. The van der Waals surface area contributed by atoms with Crippen LogP contribution in [0.2, 0.25) is 0 Å². The molecule has 0 saturated heterocycles. The fourth-order valence-electron chi connectivity index (χ4n) is 2.80. The lowest BCUT2D eigenvalue weighted by atomic mass is 9.84. The Labute approximate surface area is 146 Å². The van der Waals surface area contributed by atoms with Crippen LogP contribution >= 0.6 is 0 Å². The smallest absolute Gasteiger partial charge is 0.466 e. The second kappa shape index (κ2) is 7.11. The fraction of sp³-hybridized carbons (Fsp3) is 0.294. The number of dihydropyridines is 1. The summed E-state index contributed by atoms with van der Waals surface area (Å²) in [4.78, 5) is 23.3. The van der Waals surface area contributed by atoms with Crippen LogP contribution in [-0.2, 0) is 20.4 Å². The second-order valence-electron chi connectivity index (χ2n) is 5.57. The standard InChI is InChI=1S/C17H16F3NO5/c1-8-12(15(22)25-3)13(14(9(2)21-8)26-16(23)24)10-5-4-6-11(7-10)17(18,19)20/h4-7,13,21H,1-3H3,(H,23,24). The number of benzene rings is 1. The first-order valence-electron chi connectivity index (χ1n) is 7.41. The second-order valence-corrected chi connectivity index (χ2v) is 5.57. The van der Waals surface area contributed by atoms with Gasteiger partial charge in [0, 0.05) is 5.70 Å². The number of ether oxygens (including phenoxy) is 2. The number of carbonyl (C=O) groups excluding carboxylic acids is 1. The van der Waals surface area contributed by atoms with Crippen molar-refractivity contribution >= 4 is 12.1 Å². The third kappa shape index (κ3) is 3.81. The zero-order chi connectivity index (χ0) is 19.6. The summed E-state index contributed by atoms with van der Waals surface area (Å²) in [6.45, 7) is 3.03. The molecule has 1 aromatic carbocycles. The average Bonchev–Trinajstić information content (AvgIpc) is 2.55. The monoisotopic (exact) mass is 371 g/mol. The molecule has 1 aliphatic rings. The van der Waals surface area contributed by atoms with E-state index < -0.39 is 29.8 Å². The third-order valence-electron chi connectivity index (χ3n) is 3.85. The number of esters is 1. The third-order valence-corrected chi connectivity index (χ3v) is 3.85. The molecule has 2 rings (SSSR count). The number of methoxy groups -OCH3 is 1. The van der Waals surface area contributed by atoms with Crippen LogP contribution in [0.25, 0.3) is 0 Å². The maximum Gasteiger partial charge on any atom is 0.511 e. The molecule has 1 aliphatic heterocycles. The Balaban J connectivity index is 2.68. The SMILES string of the molecule is COC(=O)C1=C(C)NC(C)=C(OC(=O)O)C1c1cccc(C(F)(F)F)c1. The summed E-state index contributed by atoms with van der Waals surface area (Å²) in [5.74, 6) is -2.17. The summed E-state index contributed by atoms with van der Waals surface area (Å²) in [6.07, 6.45) is -6.25. The molecule has 2 N–H and O–H groups in total. The van der Waals surface area contributed by atoms with Gasteiger partial charge in [-0.05, 0) is 25.5 Å². The zero-order valence-corrected chi connectivity index (χ0v) is 14.1. The van der Waals surface area contributed by atoms with Gasteiger partial charge in [0.25, 0.3) is 0 Å². The van der Waals surface area contributed by atoms with Gasteiger partial charge in [0.05, 0.1) is 29.9 Å². The van der Waals surface area contributed by atoms with E-state index in [9.17, 15) is 22.8 Å². The van der Waals surface area contributed by atoms with Crippen molar-refractivity contribution in [3.05, 3.63) is 58.1 Å². The van der Waals surface area contributed by atoms with Crippen molar-refractivity contribution in [1.82, 2.24) is 5.32 Å². The van der Waals surface area contributed by atoms with E-state index in [4.69, 9.17) is 14.6 Å². The van der Waals surface area contributed by atoms with Crippen LogP contribution < -0.4 is 5.32 Å². The Morgan fingerprint density at radius 2 is 1.85 bits per heavy atom. The van der Waals surface area contributed by atoms with Gasteiger partial charge < -0.3 is 19.9 Å². The van der Waals surface area contributed by atoms with Gasteiger partial charge in [-0.15, -0.1) is 0 Å². The first-order valence-corrected chi connectivity index (χ1v) is 7.41. The molecular formula is C17H16F3NO5. The highest BCUT2D eigenvalue weighted by Gasteiger charge is 2.38. The Hall–Kier alpha value is -2.97. The molecule has 1 unspecified atom stereocenters. The summed E-state index contributed by atoms with van der Waals surface area (Å²) in [5.41, 5.74) is -0.317. The highest BCUT2D eigenvalue weighted by Crippen LogP contribution is 2.41. The van der Waals surface area contributed by atoms with Gasteiger partial charge in [0.15, 0.2) is 0 Å². The molecule has 0 saturated carbocycles. The maximum absolute atomic E-state index is 13.1. The van der Waals surface area contributed by atoms with E-state index >= 15 is 0 Å². The number of carboxylic acid groups (broad SMARTS) is 1. The molecule has 0 aliphatic carbocycles. The van der Waals surface area contributed by atoms with E-state index in [1.165, 1.54) is 26.0 Å². The van der Waals surface area contributed by atoms with Crippen LogP contribution in [0.5, 0.6) is 0 Å².